The van der Waals surface area contributed by atoms with Gasteiger partial charge in [-0.05, 0) is 114 Å². The van der Waals surface area contributed by atoms with Crippen LogP contribution >= 0.6 is 0 Å². The van der Waals surface area contributed by atoms with Gasteiger partial charge in [0.25, 0.3) is 0 Å². The van der Waals surface area contributed by atoms with Crippen LogP contribution in [0.1, 0.15) is 116 Å². The maximum atomic E-state index is 6.73. The van der Waals surface area contributed by atoms with Crippen LogP contribution in [-0.2, 0) is 60.7 Å². The zero-order chi connectivity index (χ0) is 39.7. The minimum Gasteiger partial charge on any atom is -0.491 e. The van der Waals surface area contributed by atoms with Gasteiger partial charge in [0.15, 0.2) is 0 Å². The Morgan fingerprint density at radius 2 is 0.982 bits per heavy atom. The summed E-state index contributed by atoms with van der Waals surface area (Å²) in [6, 6.07) is 13.0. The van der Waals surface area contributed by atoms with Crippen LogP contribution in [0.15, 0.2) is 30.3 Å². The van der Waals surface area contributed by atoms with Crippen LogP contribution in [0.3, 0.4) is 0 Å². The smallest absolute Gasteiger partial charge is 0.491 e. The molecule has 2 aliphatic heterocycles. The fraction of sp³-hybridized carbons (Fsp3) is 0.721. The van der Waals surface area contributed by atoms with Crippen LogP contribution in [0.2, 0.25) is 12.1 Å². The molecule has 0 spiro atoms. The van der Waals surface area contributed by atoms with Crippen LogP contribution < -0.4 is 9.47 Å². The van der Waals surface area contributed by atoms with Crippen molar-refractivity contribution in [3.05, 3.63) is 58.1 Å². The minimum absolute atomic E-state index is 0.133. The summed E-state index contributed by atoms with van der Waals surface area (Å²) in [5.41, 5.74) is 5.84. The molecule has 0 aliphatic carbocycles. The maximum absolute atomic E-state index is 6.73. The van der Waals surface area contributed by atoms with Gasteiger partial charge in [0.05, 0.1) is 13.2 Å². The Morgan fingerprint density at radius 3 is 1.40 bits per heavy atom. The normalized spacial score (nSPS) is 17.1. The lowest BCUT2D eigenvalue weighted by atomic mass is 9.75. The minimum atomic E-state index is -2.83. The van der Waals surface area contributed by atoms with Crippen molar-refractivity contribution in [2.75, 3.05) is 66.1 Å². The van der Waals surface area contributed by atoms with E-state index in [4.69, 9.17) is 45.5 Å². The summed E-state index contributed by atoms with van der Waals surface area (Å²) in [5, 5.41) is 0. The highest BCUT2D eigenvalue weighted by Gasteiger charge is 2.41. The van der Waals surface area contributed by atoms with Gasteiger partial charge in [-0.25, -0.2) is 0 Å². The summed E-state index contributed by atoms with van der Waals surface area (Å²) < 4.78 is 61.6. The Bertz CT molecular complexity index is 1330. The van der Waals surface area contributed by atoms with Gasteiger partial charge in [-0.15, -0.1) is 0 Å². The molecular weight excluding hydrogens is 733 g/mol. The Hall–Kier alpha value is -1.85. The van der Waals surface area contributed by atoms with Crippen molar-refractivity contribution in [3.8, 4) is 11.5 Å². The molecule has 12 heteroatoms. The SMILES string of the molecule is CCCCc1cc(C(C)(C)c2cc(CCC[Si](OCC)(OCC)OCC)c(OCC3CO3)c(CCC[Si](OCC)(OCC)OCC)c2)ccc1OCC1CO1. The highest BCUT2D eigenvalue weighted by molar-refractivity contribution is 6.61. The second-order valence-corrected chi connectivity index (χ2v) is 20.3. The molecular formula is C43H72O10Si2. The molecule has 0 saturated carbocycles. The topological polar surface area (TPSA) is 98.9 Å². The molecule has 2 unspecified atom stereocenters. The summed E-state index contributed by atoms with van der Waals surface area (Å²) in [7, 11) is -5.65. The van der Waals surface area contributed by atoms with Gasteiger partial charge in [-0.1, -0.05) is 51.5 Å². The van der Waals surface area contributed by atoms with E-state index in [2.05, 4.69) is 51.1 Å². The van der Waals surface area contributed by atoms with E-state index >= 15 is 0 Å². The van der Waals surface area contributed by atoms with E-state index in [1.54, 1.807) is 0 Å². The molecule has 0 bridgehead atoms. The van der Waals surface area contributed by atoms with Gasteiger partial charge in [0.2, 0.25) is 0 Å². The van der Waals surface area contributed by atoms with E-state index < -0.39 is 17.6 Å². The molecule has 2 aromatic rings. The zero-order valence-electron chi connectivity index (χ0n) is 35.6. The second kappa shape index (κ2) is 22.9. The first-order chi connectivity index (χ1) is 26.6. The fourth-order valence-electron chi connectivity index (χ4n) is 7.19. The summed E-state index contributed by atoms with van der Waals surface area (Å²) >= 11 is 0. The lowest BCUT2D eigenvalue weighted by molar-refractivity contribution is 0.0700. The Labute approximate surface area is 334 Å². The Balaban J connectivity index is 1.75. The molecule has 0 amide bonds. The summed E-state index contributed by atoms with van der Waals surface area (Å²) in [6.07, 6.45) is 6.84. The van der Waals surface area contributed by atoms with Crippen LogP contribution in [0.4, 0.5) is 0 Å². The van der Waals surface area contributed by atoms with E-state index in [1.165, 1.54) is 27.8 Å². The van der Waals surface area contributed by atoms with Crippen LogP contribution in [0.25, 0.3) is 0 Å². The fourth-order valence-corrected chi connectivity index (χ4v) is 12.4. The van der Waals surface area contributed by atoms with Crippen LogP contribution in [-0.4, -0.2) is 95.9 Å². The lowest BCUT2D eigenvalue weighted by Crippen LogP contribution is -2.46. The highest BCUT2D eigenvalue weighted by Crippen LogP contribution is 2.40. The molecule has 2 heterocycles. The molecule has 0 radical (unpaired) electrons. The second-order valence-electron chi connectivity index (χ2n) is 14.9. The molecule has 2 aromatic carbocycles. The molecule has 2 fully saturated rings. The number of benzene rings is 2. The first-order valence-electron chi connectivity index (χ1n) is 21.2. The van der Waals surface area contributed by atoms with Gasteiger partial charge < -0.3 is 45.5 Å². The largest absolute Gasteiger partial charge is 0.500 e. The van der Waals surface area contributed by atoms with Gasteiger partial charge in [0.1, 0.15) is 36.9 Å². The maximum Gasteiger partial charge on any atom is 0.500 e. The van der Waals surface area contributed by atoms with Gasteiger partial charge in [-0.3, -0.25) is 0 Å². The van der Waals surface area contributed by atoms with E-state index in [9.17, 15) is 0 Å². The van der Waals surface area contributed by atoms with Crippen molar-refractivity contribution in [2.45, 2.75) is 137 Å². The molecule has 55 heavy (non-hydrogen) atoms. The number of aryl methyl sites for hydroxylation is 3. The van der Waals surface area contributed by atoms with Gasteiger partial charge >= 0.3 is 17.6 Å². The average Bonchev–Trinajstić information content (AvgIpc) is 4.10. The van der Waals surface area contributed by atoms with Gasteiger partial charge in [0, 0.05) is 57.1 Å². The van der Waals surface area contributed by atoms with Crippen molar-refractivity contribution < 1.29 is 45.5 Å². The zero-order valence-corrected chi connectivity index (χ0v) is 37.6. The molecule has 10 nitrogen and oxygen atoms in total. The number of unbranched alkanes of at least 4 members (excludes halogenated alkanes) is 1. The quantitative estimate of drug-likeness (QED) is 0.0543. The molecule has 2 aliphatic rings. The standard InChI is InChI=1S/C43H72O10Si2/c1-10-17-20-34-27-37(23-24-41(34)46-32-39-30-44-39)43(8,9)38-28-35(21-18-25-54(48-11-2,49-12-3)50-13-4)42(47-33-40-31-45-40)36(29-38)22-19-26-55(51-14-5,52-15-6)53-16-7/h23-24,27-29,39-40H,10-22,25-26,30-33H2,1-9H3. The number of ether oxygens (including phenoxy) is 4. The molecule has 0 aromatic heterocycles. The average molecular weight is 805 g/mol. The van der Waals surface area contributed by atoms with Crippen LogP contribution in [0, 0.1) is 0 Å². The van der Waals surface area contributed by atoms with Crippen molar-refractivity contribution in [1.29, 1.82) is 0 Å². The summed E-state index contributed by atoms with van der Waals surface area (Å²) in [5.74, 6) is 1.92. The first-order valence-corrected chi connectivity index (χ1v) is 25.1. The van der Waals surface area contributed by atoms with Crippen molar-refractivity contribution in [3.63, 3.8) is 0 Å². The highest BCUT2D eigenvalue weighted by atomic mass is 28.4. The third kappa shape index (κ3) is 13.9. The van der Waals surface area contributed by atoms with E-state index in [0.29, 0.717) is 52.9 Å². The summed E-state index contributed by atoms with van der Waals surface area (Å²) in [6.45, 7) is 25.0. The lowest BCUT2D eigenvalue weighted by Gasteiger charge is -2.31. The van der Waals surface area contributed by atoms with E-state index in [-0.39, 0.29) is 17.6 Å². The number of rotatable bonds is 31. The van der Waals surface area contributed by atoms with Gasteiger partial charge in [-0.2, -0.15) is 0 Å². The number of hydrogen-bond acceptors (Lipinski definition) is 10. The monoisotopic (exact) mass is 804 g/mol. The molecule has 4 rings (SSSR count). The molecule has 312 valence electrons. The van der Waals surface area contributed by atoms with Crippen molar-refractivity contribution in [2.24, 2.45) is 0 Å². The van der Waals surface area contributed by atoms with E-state index in [1.807, 2.05) is 41.5 Å². The van der Waals surface area contributed by atoms with E-state index in [0.717, 1.165) is 81.7 Å². The molecule has 2 saturated heterocycles. The Kier molecular flexibility index (Phi) is 19.1. The third-order valence-electron chi connectivity index (χ3n) is 10.2. The first kappa shape index (κ1) is 45.9. The summed E-state index contributed by atoms with van der Waals surface area (Å²) in [4.78, 5) is 0. The predicted octanol–water partition coefficient (Wildman–Crippen LogP) is 8.87. The molecule has 0 N–H and O–H groups in total. The van der Waals surface area contributed by atoms with Crippen LogP contribution in [0.5, 0.6) is 11.5 Å². The molecule has 2 atom stereocenters. The number of epoxide rings is 2. The van der Waals surface area contributed by atoms with Crippen molar-refractivity contribution in [1.82, 2.24) is 0 Å². The van der Waals surface area contributed by atoms with Crippen molar-refractivity contribution >= 4 is 17.6 Å². The Morgan fingerprint density at radius 1 is 0.564 bits per heavy atom. The predicted molar refractivity (Wildman–Crippen MR) is 222 cm³/mol. The third-order valence-corrected chi connectivity index (χ3v) is 16.5. The number of hydrogen-bond donors (Lipinski definition) is 0.